The highest BCUT2D eigenvalue weighted by Gasteiger charge is 2.24. The van der Waals surface area contributed by atoms with Crippen LogP contribution in [0.1, 0.15) is 38.1 Å². The first kappa shape index (κ1) is 17.6. The van der Waals surface area contributed by atoms with E-state index in [0.29, 0.717) is 36.0 Å². The number of carbonyl (C=O) groups is 2. The molecule has 0 aromatic carbocycles. The molecule has 9 heteroatoms. The zero-order chi connectivity index (χ0) is 17.8. The van der Waals surface area contributed by atoms with Crippen molar-refractivity contribution in [3.63, 3.8) is 0 Å². The molecule has 0 unspecified atom stereocenters. The van der Waals surface area contributed by atoms with Crippen LogP contribution in [-0.4, -0.2) is 64.6 Å². The van der Waals surface area contributed by atoms with Gasteiger partial charge in [-0.05, 0) is 37.0 Å². The molecule has 0 bridgehead atoms. The van der Waals surface area contributed by atoms with Crippen LogP contribution in [0.25, 0.3) is 0 Å². The summed E-state index contributed by atoms with van der Waals surface area (Å²) in [5.41, 5.74) is 0.682. The van der Waals surface area contributed by atoms with E-state index in [1.54, 1.807) is 19.1 Å². The number of esters is 1. The Bertz CT molecular complexity index is 757. The molecule has 2 aromatic rings. The number of ether oxygens (including phenoxy) is 1. The molecule has 1 aliphatic rings. The molecule has 1 saturated heterocycles. The van der Waals surface area contributed by atoms with Crippen LogP contribution in [0.4, 0.5) is 0 Å². The summed E-state index contributed by atoms with van der Waals surface area (Å²) in [6.45, 7) is 5.35. The number of rotatable bonds is 4. The van der Waals surface area contributed by atoms with Crippen molar-refractivity contribution in [3.8, 4) is 0 Å². The predicted octanol–water partition coefficient (Wildman–Crippen LogP) is 1.57. The largest absolute Gasteiger partial charge is 0.463 e. The van der Waals surface area contributed by atoms with Gasteiger partial charge in [0.2, 0.25) is 5.76 Å². The number of nitrogens with zero attached hydrogens (tertiary/aromatic N) is 4. The van der Waals surface area contributed by atoms with E-state index < -0.39 is 5.97 Å². The minimum absolute atomic E-state index is 0.000302. The summed E-state index contributed by atoms with van der Waals surface area (Å²) in [4.78, 5) is 28.7. The van der Waals surface area contributed by atoms with E-state index in [9.17, 15) is 9.59 Å². The maximum Gasteiger partial charge on any atom is 0.373 e. The van der Waals surface area contributed by atoms with Crippen LogP contribution < -0.4 is 0 Å². The average Bonchev–Trinajstić information content (AvgIpc) is 3.18. The first-order chi connectivity index (χ1) is 12.1. The number of aryl methyl sites for hydroxylation is 1. The molecule has 25 heavy (non-hydrogen) atoms. The van der Waals surface area contributed by atoms with Gasteiger partial charge in [-0.1, -0.05) is 4.49 Å². The van der Waals surface area contributed by atoms with Crippen LogP contribution >= 0.6 is 11.5 Å². The summed E-state index contributed by atoms with van der Waals surface area (Å²) in [5.74, 6) is 0.438. The maximum atomic E-state index is 12.6. The first-order valence-corrected chi connectivity index (χ1v) is 8.83. The third kappa shape index (κ3) is 4.05. The Morgan fingerprint density at radius 2 is 2.12 bits per heavy atom. The van der Waals surface area contributed by atoms with Gasteiger partial charge in [0.1, 0.15) is 10.6 Å². The van der Waals surface area contributed by atoms with Gasteiger partial charge < -0.3 is 14.1 Å². The minimum atomic E-state index is -0.479. The second-order valence-electron chi connectivity index (χ2n) is 5.87. The van der Waals surface area contributed by atoms with E-state index in [0.717, 1.165) is 31.0 Å². The molecule has 2 aromatic heterocycles. The third-order valence-corrected chi connectivity index (χ3v) is 4.97. The Balaban J connectivity index is 1.58. The van der Waals surface area contributed by atoms with Crippen LogP contribution in [0.3, 0.4) is 0 Å². The van der Waals surface area contributed by atoms with E-state index in [1.807, 2.05) is 4.90 Å². The van der Waals surface area contributed by atoms with Crippen molar-refractivity contribution in [2.75, 3.05) is 33.3 Å². The Morgan fingerprint density at radius 3 is 2.84 bits per heavy atom. The van der Waals surface area contributed by atoms with Crippen molar-refractivity contribution in [1.82, 2.24) is 19.4 Å². The van der Waals surface area contributed by atoms with Crippen molar-refractivity contribution in [2.45, 2.75) is 19.9 Å². The van der Waals surface area contributed by atoms with E-state index in [-0.39, 0.29) is 11.7 Å². The number of amides is 1. The number of methoxy groups -OCH3 is 1. The normalized spacial score (nSPS) is 15.8. The van der Waals surface area contributed by atoms with Crippen LogP contribution in [0.15, 0.2) is 16.5 Å². The topological polar surface area (TPSA) is 88.8 Å². The SMILES string of the molecule is COC(=O)c1ccc(CN2CCCN(C(=O)c3snnc3C)CC2)o1. The number of hydrogen-bond acceptors (Lipinski definition) is 8. The first-order valence-electron chi connectivity index (χ1n) is 8.06. The highest BCUT2D eigenvalue weighted by molar-refractivity contribution is 7.07. The lowest BCUT2D eigenvalue weighted by atomic mass is 10.3. The molecule has 0 saturated carbocycles. The number of furan rings is 1. The summed E-state index contributed by atoms with van der Waals surface area (Å²) in [7, 11) is 1.32. The molecule has 134 valence electrons. The predicted molar refractivity (Wildman–Crippen MR) is 90.5 cm³/mol. The Kier molecular flexibility index (Phi) is 5.44. The van der Waals surface area contributed by atoms with Gasteiger partial charge in [-0.3, -0.25) is 9.69 Å². The van der Waals surface area contributed by atoms with Gasteiger partial charge in [-0.15, -0.1) is 5.10 Å². The quantitative estimate of drug-likeness (QED) is 0.761. The molecule has 3 rings (SSSR count). The zero-order valence-electron chi connectivity index (χ0n) is 14.2. The van der Waals surface area contributed by atoms with Gasteiger partial charge in [-0.2, -0.15) is 0 Å². The molecule has 0 aliphatic carbocycles. The molecule has 1 aliphatic heterocycles. The van der Waals surface area contributed by atoms with Crippen LogP contribution in [0.5, 0.6) is 0 Å². The zero-order valence-corrected chi connectivity index (χ0v) is 15.0. The molecule has 0 spiro atoms. The molecule has 8 nitrogen and oxygen atoms in total. The van der Waals surface area contributed by atoms with Crippen LogP contribution in [0, 0.1) is 6.92 Å². The molecule has 3 heterocycles. The van der Waals surface area contributed by atoms with Gasteiger partial charge in [0.25, 0.3) is 5.91 Å². The molecular weight excluding hydrogens is 344 g/mol. The Morgan fingerprint density at radius 1 is 1.28 bits per heavy atom. The second-order valence-corrected chi connectivity index (χ2v) is 6.62. The monoisotopic (exact) mass is 364 g/mol. The molecule has 0 N–H and O–H groups in total. The van der Waals surface area contributed by atoms with Crippen molar-refractivity contribution >= 4 is 23.4 Å². The average molecular weight is 364 g/mol. The highest BCUT2D eigenvalue weighted by atomic mass is 32.1. The number of hydrogen-bond donors (Lipinski definition) is 0. The van der Waals surface area contributed by atoms with Gasteiger partial charge >= 0.3 is 5.97 Å². The molecule has 0 atom stereocenters. The summed E-state index contributed by atoms with van der Waals surface area (Å²) in [5, 5.41) is 3.91. The minimum Gasteiger partial charge on any atom is -0.463 e. The van der Waals surface area contributed by atoms with Crippen molar-refractivity contribution in [2.24, 2.45) is 0 Å². The maximum absolute atomic E-state index is 12.6. The smallest absolute Gasteiger partial charge is 0.373 e. The fourth-order valence-electron chi connectivity index (χ4n) is 2.80. The van der Waals surface area contributed by atoms with E-state index in [2.05, 4.69) is 19.2 Å². The van der Waals surface area contributed by atoms with Crippen LogP contribution in [-0.2, 0) is 11.3 Å². The van der Waals surface area contributed by atoms with Gasteiger partial charge in [0.05, 0.1) is 19.3 Å². The van der Waals surface area contributed by atoms with Crippen molar-refractivity contribution < 1.29 is 18.7 Å². The van der Waals surface area contributed by atoms with Gasteiger partial charge in [0, 0.05) is 26.2 Å². The molecule has 1 fully saturated rings. The highest BCUT2D eigenvalue weighted by Crippen LogP contribution is 2.17. The standard InChI is InChI=1S/C16H20N4O4S/c1-11-14(25-18-17-11)15(21)20-7-3-6-19(8-9-20)10-12-4-5-13(24-12)16(22)23-2/h4-5H,3,6-10H2,1-2H3. The third-order valence-electron chi connectivity index (χ3n) is 4.15. The molecule has 1 amide bonds. The van der Waals surface area contributed by atoms with Crippen molar-refractivity contribution in [1.29, 1.82) is 0 Å². The van der Waals surface area contributed by atoms with E-state index in [1.165, 1.54) is 7.11 Å². The fourth-order valence-corrected chi connectivity index (χ4v) is 3.42. The van der Waals surface area contributed by atoms with E-state index in [4.69, 9.17) is 4.42 Å². The fraction of sp³-hybridized carbons (Fsp3) is 0.500. The number of aromatic nitrogens is 2. The Hall–Kier alpha value is -2.26. The van der Waals surface area contributed by atoms with Crippen LogP contribution in [0.2, 0.25) is 0 Å². The molecular formula is C16H20N4O4S. The number of carbonyl (C=O) groups excluding carboxylic acids is 2. The molecule has 0 radical (unpaired) electrons. The summed E-state index contributed by atoms with van der Waals surface area (Å²) >= 11 is 1.14. The summed E-state index contributed by atoms with van der Waals surface area (Å²) in [6.07, 6.45) is 0.877. The summed E-state index contributed by atoms with van der Waals surface area (Å²) in [6, 6.07) is 3.40. The lowest BCUT2D eigenvalue weighted by Crippen LogP contribution is -2.35. The lowest BCUT2D eigenvalue weighted by Gasteiger charge is -2.21. The van der Waals surface area contributed by atoms with E-state index >= 15 is 0 Å². The Labute approximate surface area is 149 Å². The van der Waals surface area contributed by atoms with Gasteiger partial charge in [-0.25, -0.2) is 4.79 Å². The lowest BCUT2D eigenvalue weighted by molar-refractivity contribution is 0.0560. The van der Waals surface area contributed by atoms with Gasteiger partial charge in [0.15, 0.2) is 0 Å². The van der Waals surface area contributed by atoms with Crippen molar-refractivity contribution in [3.05, 3.63) is 34.2 Å². The second kappa shape index (κ2) is 7.75. The summed E-state index contributed by atoms with van der Waals surface area (Å²) < 4.78 is 14.0.